The van der Waals surface area contributed by atoms with Crippen LogP contribution in [0.15, 0.2) is 54.6 Å². The molecule has 1 atom stereocenters. The van der Waals surface area contributed by atoms with Crippen LogP contribution in [0.4, 0.5) is 0 Å². The van der Waals surface area contributed by atoms with Crippen LogP contribution >= 0.6 is 11.8 Å². The zero-order valence-electron chi connectivity index (χ0n) is 14.8. The highest BCUT2D eigenvalue weighted by molar-refractivity contribution is 7.99. The van der Waals surface area contributed by atoms with E-state index in [-0.39, 0.29) is 0 Å². The number of H-pyrrole nitrogens is 1. The second kappa shape index (κ2) is 6.93. The van der Waals surface area contributed by atoms with Crippen molar-refractivity contribution in [3.63, 3.8) is 0 Å². The summed E-state index contributed by atoms with van der Waals surface area (Å²) in [5, 5.41) is 7.97. The van der Waals surface area contributed by atoms with Crippen molar-refractivity contribution in [1.29, 1.82) is 0 Å². The van der Waals surface area contributed by atoms with E-state index in [4.69, 9.17) is 0 Å². The number of hydrogen-bond donors (Lipinski definition) is 1. The first kappa shape index (κ1) is 16.2. The molecule has 1 aromatic heterocycles. The van der Waals surface area contributed by atoms with Crippen molar-refractivity contribution in [1.82, 2.24) is 15.1 Å². The first-order valence-corrected chi connectivity index (χ1v) is 10.6. The highest BCUT2D eigenvalue weighted by atomic mass is 32.2. The van der Waals surface area contributed by atoms with E-state index in [1.807, 2.05) is 0 Å². The molecule has 26 heavy (non-hydrogen) atoms. The number of aromatic amines is 1. The van der Waals surface area contributed by atoms with Gasteiger partial charge in [0.15, 0.2) is 0 Å². The lowest BCUT2D eigenvalue weighted by Crippen LogP contribution is -2.39. The maximum absolute atomic E-state index is 4.67. The molecule has 0 bridgehead atoms. The summed E-state index contributed by atoms with van der Waals surface area (Å²) in [6.07, 6.45) is 2.42. The van der Waals surface area contributed by atoms with Crippen LogP contribution in [0, 0.1) is 0 Å². The van der Waals surface area contributed by atoms with Gasteiger partial charge in [-0.15, -0.1) is 0 Å². The van der Waals surface area contributed by atoms with Gasteiger partial charge in [-0.25, -0.2) is 0 Å². The minimum absolute atomic E-state index is 0.747. The summed E-state index contributed by atoms with van der Waals surface area (Å²) in [4.78, 5) is 2.67. The highest BCUT2D eigenvalue weighted by Crippen LogP contribution is 2.32. The Morgan fingerprint density at radius 1 is 0.962 bits per heavy atom. The second-order valence-electron chi connectivity index (χ2n) is 7.21. The number of rotatable bonds is 3. The van der Waals surface area contributed by atoms with Crippen molar-refractivity contribution in [3.8, 4) is 22.4 Å². The number of thioether (sulfide) groups is 1. The van der Waals surface area contributed by atoms with Crippen molar-refractivity contribution in [3.05, 3.63) is 65.9 Å². The molecule has 2 aliphatic rings. The zero-order chi connectivity index (χ0) is 17.3. The van der Waals surface area contributed by atoms with E-state index in [1.54, 1.807) is 0 Å². The molecule has 3 nitrogen and oxygen atoms in total. The molecule has 1 fully saturated rings. The van der Waals surface area contributed by atoms with E-state index in [1.165, 1.54) is 45.9 Å². The number of benzene rings is 2. The third kappa shape index (κ3) is 2.97. The van der Waals surface area contributed by atoms with Crippen LogP contribution in [-0.4, -0.2) is 39.2 Å². The van der Waals surface area contributed by atoms with Gasteiger partial charge < -0.3 is 0 Å². The van der Waals surface area contributed by atoms with Crippen LogP contribution in [0.3, 0.4) is 0 Å². The van der Waals surface area contributed by atoms with Gasteiger partial charge in [0.25, 0.3) is 0 Å². The SMILES string of the molecule is c1ccc(-c2ccc(-c3n[nH]c4c3CN(C3CCSC3)CC4)cc2)cc1. The van der Waals surface area contributed by atoms with Crippen molar-refractivity contribution in [2.45, 2.75) is 25.4 Å². The molecule has 0 amide bonds. The molecule has 0 spiro atoms. The third-order valence-electron chi connectivity index (χ3n) is 5.65. The lowest BCUT2D eigenvalue weighted by atomic mass is 9.98. The van der Waals surface area contributed by atoms with Gasteiger partial charge in [0.1, 0.15) is 0 Å². The van der Waals surface area contributed by atoms with Gasteiger partial charge in [0.2, 0.25) is 0 Å². The maximum atomic E-state index is 4.67. The third-order valence-corrected chi connectivity index (χ3v) is 6.80. The lowest BCUT2D eigenvalue weighted by molar-refractivity contribution is 0.194. The van der Waals surface area contributed by atoms with Crippen molar-refractivity contribution in [2.24, 2.45) is 0 Å². The van der Waals surface area contributed by atoms with Crippen LogP contribution in [-0.2, 0) is 13.0 Å². The lowest BCUT2D eigenvalue weighted by Gasteiger charge is -2.31. The Labute approximate surface area is 158 Å². The fourth-order valence-electron chi connectivity index (χ4n) is 4.13. The average Bonchev–Trinajstić information content (AvgIpc) is 3.38. The summed E-state index contributed by atoms with van der Waals surface area (Å²) in [5.74, 6) is 2.60. The van der Waals surface area contributed by atoms with Crippen LogP contribution < -0.4 is 0 Å². The van der Waals surface area contributed by atoms with E-state index in [2.05, 4.69) is 81.5 Å². The quantitative estimate of drug-likeness (QED) is 0.739. The molecule has 1 saturated heterocycles. The summed E-state index contributed by atoms with van der Waals surface area (Å²) in [7, 11) is 0. The van der Waals surface area contributed by atoms with Crippen LogP contribution in [0.2, 0.25) is 0 Å². The molecule has 1 unspecified atom stereocenters. The Kier molecular flexibility index (Phi) is 4.31. The van der Waals surface area contributed by atoms with E-state index >= 15 is 0 Å². The van der Waals surface area contributed by atoms with Gasteiger partial charge in [-0.2, -0.15) is 16.9 Å². The Hall–Kier alpha value is -2.04. The molecular weight excluding hydrogens is 338 g/mol. The Morgan fingerprint density at radius 3 is 2.50 bits per heavy atom. The van der Waals surface area contributed by atoms with Gasteiger partial charge in [-0.05, 0) is 23.3 Å². The van der Waals surface area contributed by atoms with Gasteiger partial charge in [-0.3, -0.25) is 10.00 Å². The molecule has 0 saturated carbocycles. The van der Waals surface area contributed by atoms with Gasteiger partial charge in [0, 0.05) is 48.1 Å². The number of nitrogens with zero attached hydrogens (tertiary/aromatic N) is 2. The van der Waals surface area contributed by atoms with E-state index in [0.717, 1.165) is 31.2 Å². The van der Waals surface area contributed by atoms with Crippen LogP contribution in [0.25, 0.3) is 22.4 Å². The molecule has 3 heterocycles. The summed E-state index contributed by atoms with van der Waals surface area (Å²) in [5.41, 5.74) is 7.59. The Bertz CT molecular complexity index is 880. The fraction of sp³-hybridized carbons (Fsp3) is 0.318. The largest absolute Gasteiger partial charge is 0.295 e. The zero-order valence-corrected chi connectivity index (χ0v) is 15.6. The average molecular weight is 362 g/mol. The van der Waals surface area contributed by atoms with Crippen LogP contribution in [0.1, 0.15) is 17.7 Å². The molecule has 132 valence electrons. The number of hydrogen-bond acceptors (Lipinski definition) is 3. The minimum Gasteiger partial charge on any atom is -0.295 e. The molecule has 1 N–H and O–H groups in total. The summed E-state index contributed by atoms with van der Waals surface area (Å²) in [6.45, 7) is 2.19. The molecule has 4 heteroatoms. The molecule has 2 aliphatic heterocycles. The fourth-order valence-corrected chi connectivity index (χ4v) is 5.38. The Morgan fingerprint density at radius 2 is 1.73 bits per heavy atom. The van der Waals surface area contributed by atoms with E-state index in [9.17, 15) is 0 Å². The second-order valence-corrected chi connectivity index (χ2v) is 8.36. The smallest absolute Gasteiger partial charge is 0.0968 e. The first-order chi connectivity index (χ1) is 12.9. The summed E-state index contributed by atoms with van der Waals surface area (Å²) < 4.78 is 0. The van der Waals surface area contributed by atoms with E-state index < -0.39 is 0 Å². The molecule has 0 radical (unpaired) electrons. The summed E-state index contributed by atoms with van der Waals surface area (Å²) in [6, 6.07) is 20.1. The Balaban J connectivity index is 1.42. The van der Waals surface area contributed by atoms with Crippen molar-refractivity contribution in [2.75, 3.05) is 18.1 Å². The molecule has 0 aliphatic carbocycles. The number of fused-ring (bicyclic) bond motifs is 1. The van der Waals surface area contributed by atoms with Crippen LogP contribution in [0.5, 0.6) is 0 Å². The predicted molar refractivity (Wildman–Crippen MR) is 109 cm³/mol. The van der Waals surface area contributed by atoms with E-state index in [0.29, 0.717) is 0 Å². The normalized spacial score (nSPS) is 20.2. The number of aromatic nitrogens is 2. The minimum atomic E-state index is 0.747. The monoisotopic (exact) mass is 361 g/mol. The summed E-state index contributed by atoms with van der Waals surface area (Å²) >= 11 is 2.09. The molecule has 2 aromatic carbocycles. The molecular formula is C22H23N3S. The van der Waals surface area contributed by atoms with Gasteiger partial charge >= 0.3 is 0 Å². The maximum Gasteiger partial charge on any atom is 0.0968 e. The number of nitrogens with one attached hydrogen (secondary N) is 1. The standard InChI is InChI=1S/C22H23N3S/c1-2-4-16(5-3-1)17-6-8-18(9-7-17)22-20-14-25(19-11-13-26-15-19)12-10-21(20)23-24-22/h1-9,19H,10-15H2,(H,23,24). The topological polar surface area (TPSA) is 31.9 Å². The van der Waals surface area contributed by atoms with Gasteiger partial charge in [-0.1, -0.05) is 54.6 Å². The van der Waals surface area contributed by atoms with Crippen molar-refractivity contribution < 1.29 is 0 Å². The van der Waals surface area contributed by atoms with Gasteiger partial charge in [0.05, 0.1) is 5.69 Å². The van der Waals surface area contributed by atoms with Crippen molar-refractivity contribution >= 4 is 11.8 Å². The highest BCUT2D eigenvalue weighted by Gasteiger charge is 2.29. The first-order valence-electron chi connectivity index (χ1n) is 9.42. The molecule has 5 rings (SSSR count). The predicted octanol–water partition coefficient (Wildman–Crippen LogP) is 4.61. The molecule has 3 aromatic rings.